The molecule has 1 saturated carbocycles. The van der Waals surface area contributed by atoms with Crippen LogP contribution < -0.4 is 15.5 Å². The van der Waals surface area contributed by atoms with Crippen LogP contribution in [0.15, 0.2) is 41.2 Å². The van der Waals surface area contributed by atoms with Gasteiger partial charge in [0.2, 0.25) is 5.43 Å². The number of aromatic nitrogens is 1. The molecule has 1 aromatic carbocycles. The molecule has 0 atom stereocenters. The molecule has 1 aliphatic rings. The lowest BCUT2D eigenvalue weighted by Gasteiger charge is -2.19. The van der Waals surface area contributed by atoms with Crippen LogP contribution in [0.5, 0.6) is 5.75 Å². The fourth-order valence-corrected chi connectivity index (χ4v) is 2.73. The van der Waals surface area contributed by atoms with Crippen molar-refractivity contribution in [2.24, 2.45) is 0 Å². The Bertz CT molecular complexity index is 777. The van der Waals surface area contributed by atoms with E-state index >= 15 is 0 Å². The summed E-state index contributed by atoms with van der Waals surface area (Å²) in [5.41, 5.74) is 1.82. The third kappa shape index (κ3) is 3.13. The summed E-state index contributed by atoms with van der Waals surface area (Å²) in [7, 11) is 1.56. The van der Waals surface area contributed by atoms with Gasteiger partial charge in [-0.1, -0.05) is 30.3 Å². The van der Waals surface area contributed by atoms with Crippen molar-refractivity contribution in [3.63, 3.8) is 0 Å². The van der Waals surface area contributed by atoms with E-state index in [0.29, 0.717) is 5.69 Å². The summed E-state index contributed by atoms with van der Waals surface area (Å²) in [5.74, 6) is -0.161. The Labute approximate surface area is 134 Å². The van der Waals surface area contributed by atoms with Crippen molar-refractivity contribution in [3.05, 3.63) is 63.6 Å². The smallest absolute Gasteiger partial charge is 0.271 e. The van der Waals surface area contributed by atoms with Gasteiger partial charge in [-0.05, 0) is 25.3 Å². The number of hydrogen-bond acceptors (Lipinski definition) is 3. The van der Waals surface area contributed by atoms with Crippen LogP contribution in [0.1, 0.15) is 40.6 Å². The van der Waals surface area contributed by atoms with Gasteiger partial charge in [-0.2, -0.15) is 0 Å². The molecule has 5 heteroatoms. The van der Waals surface area contributed by atoms with Gasteiger partial charge in [-0.15, -0.1) is 0 Å². The molecule has 1 aliphatic carbocycles. The molecule has 1 heterocycles. The zero-order chi connectivity index (χ0) is 16.4. The van der Waals surface area contributed by atoms with Crippen LogP contribution in [0.25, 0.3) is 0 Å². The van der Waals surface area contributed by atoms with E-state index in [-0.39, 0.29) is 29.7 Å². The number of amides is 1. The molecule has 1 aromatic heterocycles. The average Bonchev–Trinajstić information content (AvgIpc) is 3.38. The van der Waals surface area contributed by atoms with E-state index in [1.165, 1.54) is 0 Å². The molecule has 23 heavy (non-hydrogen) atoms. The number of carbonyl (C=O) groups excluding carboxylic acids is 1. The molecule has 5 nitrogen and oxygen atoms in total. The molecule has 0 radical (unpaired) electrons. The number of hydrogen-bond donors (Lipinski definition) is 1. The number of rotatable bonds is 5. The second-order valence-corrected chi connectivity index (χ2v) is 5.78. The maximum atomic E-state index is 12.4. The Kier molecular flexibility index (Phi) is 4.19. The van der Waals surface area contributed by atoms with Gasteiger partial charge in [0, 0.05) is 24.8 Å². The molecule has 0 spiro atoms. The summed E-state index contributed by atoms with van der Waals surface area (Å²) in [6.45, 7) is 2.11. The largest absolute Gasteiger partial charge is 0.483 e. The van der Waals surface area contributed by atoms with E-state index in [1.54, 1.807) is 13.1 Å². The number of nitrogens with zero attached hydrogens (tertiary/aromatic N) is 1. The van der Waals surface area contributed by atoms with Crippen LogP contribution in [0, 0.1) is 6.92 Å². The fraction of sp³-hybridized carbons (Fsp3) is 0.333. The van der Waals surface area contributed by atoms with Crippen molar-refractivity contribution in [3.8, 4) is 5.75 Å². The Morgan fingerprint density at radius 1 is 1.30 bits per heavy atom. The highest BCUT2D eigenvalue weighted by atomic mass is 16.5. The van der Waals surface area contributed by atoms with E-state index in [9.17, 15) is 9.59 Å². The topological polar surface area (TPSA) is 60.3 Å². The number of benzene rings is 1. The molecule has 3 rings (SSSR count). The molecular weight excluding hydrogens is 292 g/mol. The van der Waals surface area contributed by atoms with Crippen molar-refractivity contribution >= 4 is 5.91 Å². The predicted molar refractivity (Wildman–Crippen MR) is 87.9 cm³/mol. The molecule has 0 bridgehead atoms. The first-order valence-electron chi connectivity index (χ1n) is 7.76. The van der Waals surface area contributed by atoms with Crippen molar-refractivity contribution in [1.29, 1.82) is 0 Å². The summed E-state index contributed by atoms with van der Waals surface area (Å²) in [6, 6.07) is 11.4. The van der Waals surface area contributed by atoms with E-state index < -0.39 is 0 Å². The predicted octanol–water partition coefficient (Wildman–Crippen LogP) is 2.43. The highest BCUT2D eigenvalue weighted by Crippen LogP contribution is 2.38. The normalized spacial score (nSPS) is 13.7. The van der Waals surface area contributed by atoms with E-state index in [0.717, 1.165) is 24.1 Å². The van der Waals surface area contributed by atoms with Crippen LogP contribution in [-0.4, -0.2) is 17.5 Å². The Morgan fingerprint density at radius 2 is 2.00 bits per heavy atom. The molecule has 0 saturated heterocycles. The van der Waals surface area contributed by atoms with E-state index in [1.807, 2.05) is 41.8 Å². The summed E-state index contributed by atoms with van der Waals surface area (Å²) in [4.78, 5) is 24.7. The second-order valence-electron chi connectivity index (χ2n) is 5.78. The van der Waals surface area contributed by atoms with Gasteiger partial charge in [-0.3, -0.25) is 9.59 Å². The van der Waals surface area contributed by atoms with Crippen molar-refractivity contribution < 1.29 is 9.53 Å². The van der Waals surface area contributed by atoms with Crippen LogP contribution in [0.2, 0.25) is 0 Å². The molecule has 0 aliphatic heterocycles. The molecule has 1 N–H and O–H groups in total. The van der Waals surface area contributed by atoms with Gasteiger partial charge < -0.3 is 14.6 Å². The second kappa shape index (κ2) is 6.28. The maximum absolute atomic E-state index is 12.4. The number of ether oxygens (including phenoxy) is 1. The van der Waals surface area contributed by atoms with E-state index in [4.69, 9.17) is 4.74 Å². The van der Waals surface area contributed by atoms with Crippen molar-refractivity contribution in [2.45, 2.75) is 32.4 Å². The molecule has 2 aromatic rings. The molecule has 120 valence electrons. The lowest BCUT2D eigenvalue weighted by Crippen LogP contribution is -2.28. The summed E-state index contributed by atoms with van der Waals surface area (Å²) in [5, 5.41) is 2.62. The summed E-state index contributed by atoms with van der Waals surface area (Å²) in [6.07, 6.45) is 2.04. The lowest BCUT2D eigenvalue weighted by atomic mass is 10.2. The highest BCUT2D eigenvalue weighted by molar-refractivity contribution is 5.95. The number of nitrogens with one attached hydrogen (secondary N) is 1. The minimum absolute atomic E-state index is 0.130. The van der Waals surface area contributed by atoms with Gasteiger partial charge in [0.05, 0.1) is 0 Å². The Hall–Kier alpha value is -2.56. The minimum Gasteiger partial charge on any atom is -0.483 e. The third-order valence-electron chi connectivity index (χ3n) is 3.98. The Morgan fingerprint density at radius 3 is 2.61 bits per heavy atom. The summed E-state index contributed by atoms with van der Waals surface area (Å²) < 4.78 is 7.69. The monoisotopic (exact) mass is 312 g/mol. The zero-order valence-electron chi connectivity index (χ0n) is 13.3. The summed E-state index contributed by atoms with van der Waals surface area (Å²) >= 11 is 0. The number of pyridine rings is 1. The van der Waals surface area contributed by atoms with Crippen LogP contribution in [-0.2, 0) is 6.61 Å². The quantitative estimate of drug-likeness (QED) is 0.922. The van der Waals surface area contributed by atoms with Gasteiger partial charge in [-0.25, -0.2) is 0 Å². The Balaban J connectivity index is 2.02. The molecular formula is C18H20N2O3. The third-order valence-corrected chi connectivity index (χ3v) is 3.98. The maximum Gasteiger partial charge on any atom is 0.271 e. The van der Waals surface area contributed by atoms with Crippen LogP contribution in [0.4, 0.5) is 0 Å². The number of carbonyl (C=O) groups is 1. The zero-order valence-corrected chi connectivity index (χ0v) is 13.3. The van der Waals surface area contributed by atoms with Gasteiger partial charge in [0.15, 0.2) is 11.4 Å². The van der Waals surface area contributed by atoms with Gasteiger partial charge in [0.1, 0.15) is 6.61 Å². The minimum atomic E-state index is -0.291. The van der Waals surface area contributed by atoms with Crippen LogP contribution in [0.3, 0.4) is 0 Å². The fourth-order valence-electron chi connectivity index (χ4n) is 2.73. The lowest BCUT2D eigenvalue weighted by molar-refractivity contribution is 0.0946. The van der Waals surface area contributed by atoms with Crippen LogP contribution >= 0.6 is 0 Å². The van der Waals surface area contributed by atoms with Crippen molar-refractivity contribution in [1.82, 2.24) is 9.88 Å². The SMILES string of the molecule is CNC(=O)c1c(OCc2ccccc2)c(=O)cc(C)n1C1CC1. The average molecular weight is 312 g/mol. The number of aryl methyl sites for hydroxylation is 1. The van der Waals surface area contributed by atoms with Gasteiger partial charge in [0.25, 0.3) is 5.91 Å². The van der Waals surface area contributed by atoms with Crippen molar-refractivity contribution in [2.75, 3.05) is 7.05 Å². The standard InChI is InChI=1S/C18H20N2O3/c1-12-10-15(21)17(23-11-13-6-4-3-5-7-13)16(18(22)19-2)20(12)14-8-9-14/h3-7,10,14H,8-9,11H2,1-2H3,(H,19,22). The first-order chi connectivity index (χ1) is 11.1. The first kappa shape index (κ1) is 15.3. The molecule has 1 fully saturated rings. The molecule has 0 unspecified atom stereocenters. The molecule has 1 amide bonds. The first-order valence-corrected chi connectivity index (χ1v) is 7.76. The van der Waals surface area contributed by atoms with Gasteiger partial charge >= 0.3 is 0 Å². The van der Waals surface area contributed by atoms with E-state index in [2.05, 4.69) is 5.32 Å². The highest BCUT2D eigenvalue weighted by Gasteiger charge is 2.31.